The summed E-state index contributed by atoms with van der Waals surface area (Å²) in [4.78, 5) is 5.01. The van der Waals surface area contributed by atoms with E-state index in [2.05, 4.69) is 61.9 Å². The van der Waals surface area contributed by atoms with Gasteiger partial charge in [0.1, 0.15) is 5.75 Å². The smallest absolute Gasteiger partial charge is 0.119 e. The Morgan fingerprint density at radius 1 is 1.22 bits per heavy atom. The van der Waals surface area contributed by atoms with Crippen LogP contribution in [0.1, 0.15) is 38.8 Å². The number of benzene rings is 1. The molecule has 0 aromatic heterocycles. The molecule has 1 aromatic carbocycles. The third kappa shape index (κ3) is 4.93. The van der Waals surface area contributed by atoms with Gasteiger partial charge in [0.05, 0.1) is 6.61 Å². The summed E-state index contributed by atoms with van der Waals surface area (Å²) in [6.45, 7) is 11.3. The summed E-state index contributed by atoms with van der Waals surface area (Å²) in [5, 5.41) is 0. The summed E-state index contributed by atoms with van der Waals surface area (Å²) < 4.78 is 5.78. The van der Waals surface area contributed by atoms with E-state index in [1.165, 1.54) is 12.0 Å². The van der Waals surface area contributed by atoms with E-state index in [9.17, 15) is 0 Å². The predicted molar refractivity (Wildman–Crippen MR) is 96.9 cm³/mol. The lowest BCUT2D eigenvalue weighted by atomic mass is 10.0. The molecular weight excluding hydrogens is 286 g/mol. The van der Waals surface area contributed by atoms with Gasteiger partial charge in [-0.15, -0.1) is 0 Å². The minimum absolute atomic E-state index is 0.303. The summed E-state index contributed by atoms with van der Waals surface area (Å²) in [6.07, 6.45) is 1.19. The van der Waals surface area contributed by atoms with Crippen LogP contribution >= 0.6 is 0 Å². The van der Waals surface area contributed by atoms with Gasteiger partial charge in [0.25, 0.3) is 0 Å². The highest BCUT2D eigenvalue weighted by Crippen LogP contribution is 2.25. The van der Waals surface area contributed by atoms with E-state index >= 15 is 0 Å². The maximum atomic E-state index is 6.11. The van der Waals surface area contributed by atoms with Crippen LogP contribution < -0.4 is 10.5 Å². The number of hydrogen-bond acceptors (Lipinski definition) is 4. The maximum Gasteiger partial charge on any atom is 0.119 e. The number of ether oxygens (including phenoxy) is 1. The van der Waals surface area contributed by atoms with Crippen LogP contribution in [0.2, 0.25) is 0 Å². The molecule has 0 spiro atoms. The Balaban J connectivity index is 2.02. The Morgan fingerprint density at radius 2 is 1.91 bits per heavy atom. The molecule has 2 rings (SSSR count). The molecule has 2 unspecified atom stereocenters. The Hall–Kier alpha value is -1.10. The van der Waals surface area contributed by atoms with Gasteiger partial charge >= 0.3 is 0 Å². The second kappa shape index (κ2) is 8.67. The Bertz CT molecular complexity index is 460. The van der Waals surface area contributed by atoms with Crippen LogP contribution in [0.3, 0.4) is 0 Å². The van der Waals surface area contributed by atoms with Gasteiger partial charge in [0, 0.05) is 38.3 Å². The highest BCUT2D eigenvalue weighted by Gasteiger charge is 2.28. The zero-order valence-electron chi connectivity index (χ0n) is 15.2. The molecule has 1 saturated heterocycles. The minimum atomic E-state index is 0.303. The SMILES string of the molecule is CCC1CN(C(CN)c2ccc(OCC(C)C)cc2)CCN1C. The Labute approximate surface area is 141 Å². The molecule has 2 N–H and O–H groups in total. The van der Waals surface area contributed by atoms with Crippen molar-refractivity contribution in [1.82, 2.24) is 9.80 Å². The highest BCUT2D eigenvalue weighted by molar-refractivity contribution is 5.29. The lowest BCUT2D eigenvalue weighted by molar-refractivity contribution is 0.0644. The molecule has 0 radical (unpaired) electrons. The van der Waals surface area contributed by atoms with Crippen molar-refractivity contribution in [2.24, 2.45) is 11.7 Å². The van der Waals surface area contributed by atoms with Gasteiger partial charge in [-0.1, -0.05) is 32.9 Å². The average Bonchev–Trinajstić information content (AvgIpc) is 2.56. The van der Waals surface area contributed by atoms with Crippen LogP contribution in [0.5, 0.6) is 5.75 Å². The molecule has 2 atom stereocenters. The first kappa shape index (κ1) is 18.2. The van der Waals surface area contributed by atoms with Gasteiger partial charge in [-0.3, -0.25) is 4.90 Å². The van der Waals surface area contributed by atoms with Crippen molar-refractivity contribution in [3.63, 3.8) is 0 Å². The quantitative estimate of drug-likeness (QED) is 0.839. The third-order valence-corrected chi connectivity index (χ3v) is 4.79. The molecule has 23 heavy (non-hydrogen) atoms. The largest absolute Gasteiger partial charge is 0.493 e. The number of hydrogen-bond donors (Lipinski definition) is 1. The second-order valence-electron chi connectivity index (χ2n) is 7.06. The molecule has 0 saturated carbocycles. The van der Waals surface area contributed by atoms with Gasteiger partial charge in [-0.2, -0.15) is 0 Å². The molecule has 0 aliphatic carbocycles. The summed E-state index contributed by atoms with van der Waals surface area (Å²) in [7, 11) is 2.23. The van der Waals surface area contributed by atoms with Crippen molar-refractivity contribution < 1.29 is 4.74 Å². The van der Waals surface area contributed by atoms with Crippen molar-refractivity contribution in [2.45, 2.75) is 39.3 Å². The second-order valence-corrected chi connectivity index (χ2v) is 7.06. The molecule has 1 aliphatic rings. The first-order valence-corrected chi connectivity index (χ1v) is 8.92. The van der Waals surface area contributed by atoms with E-state index in [1.54, 1.807) is 0 Å². The topological polar surface area (TPSA) is 41.7 Å². The van der Waals surface area contributed by atoms with Gasteiger partial charge < -0.3 is 15.4 Å². The van der Waals surface area contributed by atoms with Crippen LogP contribution in [0, 0.1) is 5.92 Å². The zero-order chi connectivity index (χ0) is 16.8. The van der Waals surface area contributed by atoms with E-state index < -0.39 is 0 Å². The number of nitrogens with two attached hydrogens (primary N) is 1. The zero-order valence-corrected chi connectivity index (χ0v) is 15.2. The Morgan fingerprint density at radius 3 is 2.48 bits per heavy atom. The molecule has 1 aliphatic heterocycles. The molecule has 130 valence electrons. The summed E-state index contributed by atoms with van der Waals surface area (Å²) in [5.41, 5.74) is 7.40. The number of piperazine rings is 1. The lowest BCUT2D eigenvalue weighted by Gasteiger charge is -2.42. The highest BCUT2D eigenvalue weighted by atomic mass is 16.5. The van der Waals surface area contributed by atoms with E-state index in [4.69, 9.17) is 10.5 Å². The predicted octanol–water partition coefficient (Wildman–Crippen LogP) is 2.75. The number of nitrogens with zero attached hydrogens (tertiary/aromatic N) is 2. The van der Waals surface area contributed by atoms with Crippen molar-refractivity contribution in [3.8, 4) is 5.75 Å². The average molecular weight is 319 g/mol. The van der Waals surface area contributed by atoms with Crippen molar-refractivity contribution in [3.05, 3.63) is 29.8 Å². The van der Waals surface area contributed by atoms with Gasteiger partial charge in [0.2, 0.25) is 0 Å². The van der Waals surface area contributed by atoms with Gasteiger partial charge in [0.15, 0.2) is 0 Å². The molecule has 4 nitrogen and oxygen atoms in total. The van der Waals surface area contributed by atoms with Crippen LogP contribution in [-0.2, 0) is 0 Å². The van der Waals surface area contributed by atoms with Crippen molar-refractivity contribution in [2.75, 3.05) is 39.8 Å². The van der Waals surface area contributed by atoms with Gasteiger partial charge in [-0.05, 0) is 37.1 Å². The molecule has 0 bridgehead atoms. The van der Waals surface area contributed by atoms with Crippen LogP contribution in [-0.4, -0.2) is 55.7 Å². The fourth-order valence-corrected chi connectivity index (χ4v) is 3.24. The molecule has 1 fully saturated rings. The van der Waals surface area contributed by atoms with E-state index in [-0.39, 0.29) is 0 Å². The molecule has 4 heteroatoms. The normalized spacial score (nSPS) is 21.6. The van der Waals surface area contributed by atoms with Crippen LogP contribution in [0.25, 0.3) is 0 Å². The lowest BCUT2D eigenvalue weighted by Crippen LogP contribution is -2.53. The number of likely N-dealkylation sites (N-methyl/N-ethyl adjacent to an activating group) is 1. The van der Waals surface area contributed by atoms with Gasteiger partial charge in [-0.25, -0.2) is 0 Å². The molecule has 0 amide bonds. The summed E-state index contributed by atoms with van der Waals surface area (Å²) in [6, 6.07) is 9.43. The Kier molecular flexibility index (Phi) is 6.88. The standard InChI is InChI=1S/C19H33N3O/c1-5-17-13-22(11-10-21(17)4)19(12-20)16-6-8-18(9-7-16)23-14-15(2)3/h6-9,15,17,19H,5,10-14,20H2,1-4H3. The third-order valence-electron chi connectivity index (χ3n) is 4.79. The molecule has 1 aromatic rings. The van der Waals surface area contributed by atoms with E-state index in [0.717, 1.165) is 32.0 Å². The van der Waals surface area contributed by atoms with Crippen LogP contribution in [0.15, 0.2) is 24.3 Å². The summed E-state index contributed by atoms with van der Waals surface area (Å²) >= 11 is 0. The molecular formula is C19H33N3O. The first-order chi connectivity index (χ1) is 11.0. The van der Waals surface area contributed by atoms with Crippen molar-refractivity contribution in [1.29, 1.82) is 0 Å². The van der Waals surface area contributed by atoms with E-state index in [1.807, 2.05) is 0 Å². The fourth-order valence-electron chi connectivity index (χ4n) is 3.24. The van der Waals surface area contributed by atoms with Crippen molar-refractivity contribution >= 4 is 0 Å². The fraction of sp³-hybridized carbons (Fsp3) is 0.684. The summed E-state index contributed by atoms with van der Waals surface area (Å²) in [5.74, 6) is 1.49. The monoisotopic (exact) mass is 319 g/mol. The maximum absolute atomic E-state index is 6.11. The number of rotatable bonds is 7. The van der Waals surface area contributed by atoms with E-state index in [0.29, 0.717) is 24.5 Å². The minimum Gasteiger partial charge on any atom is -0.493 e. The molecule has 1 heterocycles. The van der Waals surface area contributed by atoms with Crippen LogP contribution in [0.4, 0.5) is 0 Å². The first-order valence-electron chi connectivity index (χ1n) is 8.92.